The lowest BCUT2D eigenvalue weighted by Gasteiger charge is -1.98. The van der Waals surface area contributed by atoms with Crippen LogP contribution in [0.2, 0.25) is 0 Å². The molecule has 0 heteroatoms. The molecule has 0 N–H and O–H groups in total. The van der Waals surface area contributed by atoms with Crippen LogP contribution in [0, 0.1) is 19.1 Å². The Bertz CT molecular complexity index is 369. The third-order valence-corrected chi connectivity index (χ3v) is 1.86. The summed E-state index contributed by atoms with van der Waals surface area (Å²) in [7, 11) is 0. The molecule has 0 unspecified atom stereocenters. The van der Waals surface area contributed by atoms with Crippen LogP contribution < -0.4 is 0 Å². The highest BCUT2D eigenvalue weighted by atomic mass is 14.0. The molecule has 0 nitrogen and oxygen atoms in total. The molecule has 2 aromatic carbocycles. The molecule has 0 heterocycles. The maximum atomic E-state index is 3.15. The van der Waals surface area contributed by atoms with E-state index in [0.717, 1.165) is 0 Å². The summed E-state index contributed by atoms with van der Waals surface area (Å²) in [6.07, 6.45) is 0. The topological polar surface area (TPSA) is 0 Å². The van der Waals surface area contributed by atoms with Gasteiger partial charge in [0.25, 0.3) is 0 Å². The molecule has 2 rings (SSSR count). The van der Waals surface area contributed by atoms with Crippen molar-refractivity contribution in [1.29, 1.82) is 0 Å². The first-order valence-corrected chi connectivity index (χ1v) is 3.65. The van der Waals surface area contributed by atoms with Gasteiger partial charge in [0, 0.05) is 0 Å². The Balaban J connectivity index is 2.91. The van der Waals surface area contributed by atoms with Crippen LogP contribution in [0.5, 0.6) is 0 Å². The van der Waals surface area contributed by atoms with Crippen molar-refractivity contribution in [2.24, 2.45) is 0 Å². The van der Waals surface area contributed by atoms with Crippen molar-refractivity contribution in [2.75, 3.05) is 0 Å². The molecule has 52 valence electrons. The number of hydrogen-bond donors (Lipinski definition) is 0. The van der Waals surface area contributed by atoms with Gasteiger partial charge < -0.3 is 0 Å². The first-order valence-electron chi connectivity index (χ1n) is 3.65. The SMILES string of the molecule is Cc1[c]ccc2cc[c]cc12. The molecule has 0 fully saturated rings. The smallest absolute Gasteiger partial charge is 0.0142 e. The van der Waals surface area contributed by atoms with E-state index in [-0.39, 0.29) is 0 Å². The van der Waals surface area contributed by atoms with Crippen molar-refractivity contribution in [1.82, 2.24) is 0 Å². The van der Waals surface area contributed by atoms with Crippen LogP contribution in [0.3, 0.4) is 0 Å². The van der Waals surface area contributed by atoms with Crippen LogP contribution >= 0.6 is 0 Å². The van der Waals surface area contributed by atoms with Crippen molar-refractivity contribution in [3.8, 4) is 0 Å². The van der Waals surface area contributed by atoms with Gasteiger partial charge in [-0.15, -0.1) is 0 Å². The first-order chi connectivity index (χ1) is 5.38. The number of fused-ring (bicyclic) bond motifs is 1. The van der Waals surface area contributed by atoms with Gasteiger partial charge >= 0.3 is 0 Å². The Morgan fingerprint density at radius 3 is 2.82 bits per heavy atom. The molecule has 0 aliphatic rings. The second-order valence-electron chi connectivity index (χ2n) is 2.62. The van der Waals surface area contributed by atoms with Gasteiger partial charge in [0.05, 0.1) is 0 Å². The minimum absolute atomic E-state index is 1.19. The molecular weight excluding hydrogens is 132 g/mol. The molecule has 2 aromatic rings. The summed E-state index contributed by atoms with van der Waals surface area (Å²) in [6.45, 7) is 2.07. The maximum absolute atomic E-state index is 3.15. The van der Waals surface area contributed by atoms with Gasteiger partial charge in [0.1, 0.15) is 0 Å². The largest absolute Gasteiger partial charge is 0.0538 e. The lowest BCUT2D eigenvalue weighted by molar-refractivity contribution is 1.52. The highest BCUT2D eigenvalue weighted by molar-refractivity contribution is 5.84. The minimum atomic E-state index is 1.19. The minimum Gasteiger partial charge on any atom is -0.0538 e. The summed E-state index contributed by atoms with van der Waals surface area (Å²) in [5.74, 6) is 0. The summed E-state index contributed by atoms with van der Waals surface area (Å²) in [5, 5.41) is 2.51. The standard InChI is InChI=1S/C11H8/c1-9-5-4-7-10-6-2-3-8-11(9)10/h2,4,6-8H,1H3. The maximum Gasteiger partial charge on any atom is -0.0142 e. The quantitative estimate of drug-likeness (QED) is 0.527. The summed E-state index contributed by atoms with van der Waals surface area (Å²) >= 11 is 0. The van der Waals surface area contributed by atoms with Crippen LogP contribution in [0.25, 0.3) is 10.8 Å². The molecule has 11 heavy (non-hydrogen) atoms. The Morgan fingerprint density at radius 1 is 1.18 bits per heavy atom. The van der Waals surface area contributed by atoms with Gasteiger partial charge in [-0.1, -0.05) is 24.3 Å². The summed E-state index contributed by atoms with van der Waals surface area (Å²) < 4.78 is 0. The molecule has 0 atom stereocenters. The molecule has 0 bridgehead atoms. The average molecular weight is 140 g/mol. The van der Waals surface area contributed by atoms with Gasteiger partial charge in [0.15, 0.2) is 0 Å². The second kappa shape index (κ2) is 2.39. The number of rotatable bonds is 0. The summed E-state index contributed by atoms with van der Waals surface area (Å²) in [4.78, 5) is 0. The van der Waals surface area contributed by atoms with E-state index in [1.807, 2.05) is 18.2 Å². The number of hydrogen-bond acceptors (Lipinski definition) is 0. The fraction of sp³-hybridized carbons (Fsp3) is 0.0909. The molecule has 0 saturated carbocycles. The summed E-state index contributed by atoms with van der Waals surface area (Å²) in [6, 6.07) is 16.2. The zero-order chi connectivity index (χ0) is 7.68. The number of benzene rings is 2. The lowest BCUT2D eigenvalue weighted by Crippen LogP contribution is -1.76. The number of aryl methyl sites for hydroxylation is 1. The molecule has 2 radical (unpaired) electrons. The molecule has 0 spiro atoms. The van der Waals surface area contributed by atoms with Gasteiger partial charge in [-0.2, -0.15) is 0 Å². The van der Waals surface area contributed by atoms with E-state index < -0.39 is 0 Å². The highest BCUT2D eigenvalue weighted by Gasteiger charge is 1.92. The molecule has 0 aliphatic heterocycles. The van der Waals surface area contributed by atoms with E-state index in [2.05, 4.69) is 31.2 Å². The predicted octanol–water partition coefficient (Wildman–Crippen LogP) is 2.75. The van der Waals surface area contributed by atoms with Crippen LogP contribution in [-0.4, -0.2) is 0 Å². The molecule has 0 aliphatic carbocycles. The van der Waals surface area contributed by atoms with Crippen LogP contribution in [0.15, 0.2) is 30.3 Å². The Morgan fingerprint density at radius 2 is 2.00 bits per heavy atom. The third kappa shape index (κ3) is 1.01. The Labute approximate surface area is 66.5 Å². The van der Waals surface area contributed by atoms with E-state index in [4.69, 9.17) is 0 Å². The zero-order valence-corrected chi connectivity index (χ0v) is 6.39. The molecule has 0 saturated heterocycles. The van der Waals surface area contributed by atoms with E-state index >= 15 is 0 Å². The zero-order valence-electron chi connectivity index (χ0n) is 6.39. The van der Waals surface area contributed by atoms with Crippen LogP contribution in [0.1, 0.15) is 5.56 Å². The van der Waals surface area contributed by atoms with Gasteiger partial charge in [0.2, 0.25) is 0 Å². The van der Waals surface area contributed by atoms with Crippen molar-refractivity contribution < 1.29 is 0 Å². The van der Waals surface area contributed by atoms with Crippen molar-refractivity contribution in [3.63, 3.8) is 0 Å². The fourth-order valence-corrected chi connectivity index (χ4v) is 1.25. The van der Waals surface area contributed by atoms with E-state index in [0.29, 0.717) is 0 Å². The van der Waals surface area contributed by atoms with Crippen molar-refractivity contribution in [2.45, 2.75) is 6.92 Å². The first kappa shape index (κ1) is 6.41. The van der Waals surface area contributed by atoms with E-state index in [1.54, 1.807) is 0 Å². The normalized spacial score (nSPS) is 10.3. The van der Waals surface area contributed by atoms with Crippen molar-refractivity contribution >= 4 is 10.8 Å². The Kier molecular flexibility index (Phi) is 1.39. The van der Waals surface area contributed by atoms with E-state index in [1.165, 1.54) is 16.3 Å². The third-order valence-electron chi connectivity index (χ3n) is 1.86. The van der Waals surface area contributed by atoms with Crippen molar-refractivity contribution in [3.05, 3.63) is 48.0 Å². The molecular formula is C11H8. The van der Waals surface area contributed by atoms with Gasteiger partial charge in [-0.25, -0.2) is 0 Å². The predicted molar refractivity (Wildman–Crippen MR) is 46.4 cm³/mol. The molecule has 0 aromatic heterocycles. The van der Waals surface area contributed by atoms with Gasteiger partial charge in [-0.05, 0) is 41.5 Å². The van der Waals surface area contributed by atoms with E-state index in [9.17, 15) is 0 Å². The monoisotopic (exact) mass is 140 g/mol. The highest BCUT2D eigenvalue weighted by Crippen LogP contribution is 2.15. The fourth-order valence-electron chi connectivity index (χ4n) is 1.25. The van der Waals surface area contributed by atoms with Crippen LogP contribution in [-0.2, 0) is 0 Å². The second-order valence-corrected chi connectivity index (χ2v) is 2.62. The molecule has 0 amide bonds. The lowest BCUT2D eigenvalue weighted by atomic mass is 10.1. The average Bonchev–Trinajstić information content (AvgIpc) is 2.06. The summed E-state index contributed by atoms with van der Waals surface area (Å²) in [5.41, 5.74) is 1.19. The van der Waals surface area contributed by atoms with Crippen LogP contribution in [0.4, 0.5) is 0 Å². The van der Waals surface area contributed by atoms with Gasteiger partial charge in [-0.3, -0.25) is 0 Å². The Hall–Kier alpha value is -1.30.